The molecule has 3 nitrogen and oxygen atoms in total. The van der Waals surface area contributed by atoms with E-state index in [2.05, 4.69) is 17.4 Å². The van der Waals surface area contributed by atoms with Crippen molar-refractivity contribution in [2.45, 2.75) is 31.7 Å². The Morgan fingerprint density at radius 1 is 1.06 bits per heavy atom. The van der Waals surface area contributed by atoms with Gasteiger partial charge in [-0.3, -0.25) is 0 Å². The third kappa shape index (κ3) is 2.91. The second kappa shape index (κ2) is 5.92. The lowest BCUT2D eigenvalue weighted by Crippen LogP contribution is -2.84. The van der Waals surface area contributed by atoms with Gasteiger partial charge in [0.15, 0.2) is 11.5 Å². The van der Waals surface area contributed by atoms with E-state index in [1.807, 2.05) is 6.07 Å². The zero-order valence-electron chi connectivity index (χ0n) is 10.7. The molecular weight excluding hydrogens is 214 g/mol. The average molecular weight is 236 g/mol. The first-order chi connectivity index (χ1) is 8.35. The highest BCUT2D eigenvalue weighted by molar-refractivity contribution is 5.43. The predicted octanol–water partition coefficient (Wildman–Crippen LogP) is 1.88. The summed E-state index contributed by atoms with van der Waals surface area (Å²) >= 11 is 0. The number of quaternary nitrogens is 1. The van der Waals surface area contributed by atoms with Crippen molar-refractivity contribution in [1.29, 1.82) is 0 Å². The van der Waals surface area contributed by atoms with E-state index in [0.29, 0.717) is 6.04 Å². The molecule has 1 fully saturated rings. The van der Waals surface area contributed by atoms with Gasteiger partial charge in [0, 0.05) is 12.0 Å². The molecule has 1 atom stereocenters. The van der Waals surface area contributed by atoms with Gasteiger partial charge in [-0.2, -0.15) is 0 Å². The van der Waals surface area contributed by atoms with E-state index < -0.39 is 0 Å². The third-order valence-corrected chi connectivity index (χ3v) is 3.51. The van der Waals surface area contributed by atoms with Crippen molar-refractivity contribution in [3.05, 3.63) is 23.8 Å². The quantitative estimate of drug-likeness (QED) is 0.869. The standard InChI is InChI=1S/C14H21NO2/c1-16-13-8-7-11(10-14(13)17-2)12-6-4-3-5-9-15-12/h7-8,10,12,15H,3-6,9H2,1-2H3/p+1/t12-/m0/s1. The van der Waals surface area contributed by atoms with Crippen LogP contribution >= 0.6 is 0 Å². The molecule has 2 rings (SSSR count). The SMILES string of the molecule is COc1ccc([C@@H]2CCCCC[NH2+]2)cc1OC. The van der Waals surface area contributed by atoms with Crippen molar-refractivity contribution in [2.24, 2.45) is 0 Å². The molecule has 0 amide bonds. The molecule has 0 aromatic heterocycles. The molecule has 0 saturated carbocycles. The molecule has 94 valence electrons. The zero-order valence-corrected chi connectivity index (χ0v) is 10.7. The van der Waals surface area contributed by atoms with E-state index in [0.717, 1.165) is 11.5 Å². The Labute approximate surface area is 103 Å². The number of rotatable bonds is 3. The molecule has 1 aliphatic rings. The maximum atomic E-state index is 5.36. The van der Waals surface area contributed by atoms with Crippen molar-refractivity contribution >= 4 is 0 Å². The summed E-state index contributed by atoms with van der Waals surface area (Å²) in [7, 11) is 3.37. The van der Waals surface area contributed by atoms with Crippen LogP contribution in [0.4, 0.5) is 0 Å². The molecule has 1 heterocycles. The molecule has 17 heavy (non-hydrogen) atoms. The molecule has 0 radical (unpaired) electrons. The lowest BCUT2D eigenvalue weighted by molar-refractivity contribution is -0.694. The highest BCUT2D eigenvalue weighted by Crippen LogP contribution is 2.30. The zero-order chi connectivity index (χ0) is 12.1. The van der Waals surface area contributed by atoms with E-state index in [9.17, 15) is 0 Å². The molecule has 0 unspecified atom stereocenters. The van der Waals surface area contributed by atoms with Crippen LogP contribution in [0.1, 0.15) is 37.3 Å². The summed E-state index contributed by atoms with van der Waals surface area (Å²) in [6, 6.07) is 6.86. The van der Waals surface area contributed by atoms with Crippen LogP contribution in [0.15, 0.2) is 18.2 Å². The fourth-order valence-electron chi connectivity index (χ4n) is 2.51. The van der Waals surface area contributed by atoms with E-state index >= 15 is 0 Å². The molecule has 0 spiro atoms. The maximum Gasteiger partial charge on any atom is 0.161 e. The normalized spacial score (nSPS) is 20.7. The van der Waals surface area contributed by atoms with Crippen molar-refractivity contribution < 1.29 is 14.8 Å². The summed E-state index contributed by atoms with van der Waals surface area (Å²) in [5.41, 5.74) is 1.35. The Kier molecular flexibility index (Phi) is 4.26. The molecule has 1 aromatic rings. The molecular formula is C14H22NO2+. The second-order valence-corrected chi connectivity index (χ2v) is 4.59. The van der Waals surface area contributed by atoms with Crippen LogP contribution < -0.4 is 14.8 Å². The lowest BCUT2D eigenvalue weighted by atomic mass is 10.0. The van der Waals surface area contributed by atoms with Gasteiger partial charge in [-0.15, -0.1) is 0 Å². The topological polar surface area (TPSA) is 35.1 Å². The Bertz CT molecular complexity index is 357. The number of hydrogen-bond acceptors (Lipinski definition) is 2. The Morgan fingerprint density at radius 3 is 2.65 bits per heavy atom. The van der Waals surface area contributed by atoms with Crippen LogP contribution in [-0.4, -0.2) is 20.8 Å². The first-order valence-corrected chi connectivity index (χ1v) is 6.40. The molecule has 2 N–H and O–H groups in total. The smallest absolute Gasteiger partial charge is 0.161 e. The van der Waals surface area contributed by atoms with Gasteiger partial charge in [-0.1, -0.05) is 0 Å². The van der Waals surface area contributed by atoms with E-state index in [4.69, 9.17) is 9.47 Å². The van der Waals surface area contributed by atoms with Crippen LogP contribution in [0, 0.1) is 0 Å². The number of methoxy groups -OCH3 is 2. The lowest BCUT2D eigenvalue weighted by Gasteiger charge is -2.15. The molecule has 1 aliphatic heterocycles. The summed E-state index contributed by atoms with van der Waals surface area (Å²) < 4.78 is 10.6. The van der Waals surface area contributed by atoms with Crippen LogP contribution in [0.25, 0.3) is 0 Å². The summed E-state index contributed by atoms with van der Waals surface area (Å²) in [5, 5.41) is 2.45. The molecule has 1 saturated heterocycles. The Hall–Kier alpha value is -1.22. The maximum absolute atomic E-state index is 5.36. The van der Waals surface area contributed by atoms with Gasteiger partial charge in [-0.05, 0) is 37.5 Å². The van der Waals surface area contributed by atoms with Gasteiger partial charge in [0.1, 0.15) is 6.04 Å². The van der Waals surface area contributed by atoms with Crippen LogP contribution in [0.2, 0.25) is 0 Å². The van der Waals surface area contributed by atoms with Crippen molar-refractivity contribution in [2.75, 3.05) is 20.8 Å². The minimum atomic E-state index is 0.581. The van der Waals surface area contributed by atoms with Crippen molar-refractivity contribution in [1.82, 2.24) is 0 Å². The van der Waals surface area contributed by atoms with Crippen LogP contribution in [-0.2, 0) is 0 Å². The average Bonchev–Trinajstić information content (AvgIpc) is 2.66. The van der Waals surface area contributed by atoms with Gasteiger partial charge in [0.05, 0.1) is 20.8 Å². The molecule has 3 heteroatoms. The monoisotopic (exact) mass is 236 g/mol. The van der Waals surface area contributed by atoms with Crippen molar-refractivity contribution in [3.8, 4) is 11.5 Å². The van der Waals surface area contributed by atoms with E-state index in [-0.39, 0.29) is 0 Å². The largest absolute Gasteiger partial charge is 0.493 e. The minimum Gasteiger partial charge on any atom is -0.493 e. The fourth-order valence-corrected chi connectivity index (χ4v) is 2.51. The Balaban J connectivity index is 2.19. The van der Waals surface area contributed by atoms with Gasteiger partial charge in [0.25, 0.3) is 0 Å². The summed E-state index contributed by atoms with van der Waals surface area (Å²) in [6.07, 6.45) is 5.29. The van der Waals surface area contributed by atoms with Gasteiger partial charge in [-0.25, -0.2) is 0 Å². The minimum absolute atomic E-state index is 0.581. The van der Waals surface area contributed by atoms with Crippen LogP contribution in [0.3, 0.4) is 0 Å². The van der Waals surface area contributed by atoms with Gasteiger partial charge in [0.2, 0.25) is 0 Å². The second-order valence-electron chi connectivity index (χ2n) is 4.59. The van der Waals surface area contributed by atoms with E-state index in [1.54, 1.807) is 14.2 Å². The summed E-state index contributed by atoms with van der Waals surface area (Å²) in [6.45, 7) is 1.24. The number of benzene rings is 1. The third-order valence-electron chi connectivity index (χ3n) is 3.51. The summed E-state index contributed by atoms with van der Waals surface area (Å²) in [5.74, 6) is 1.65. The fraction of sp³-hybridized carbons (Fsp3) is 0.571. The van der Waals surface area contributed by atoms with Gasteiger partial charge < -0.3 is 14.8 Å². The first kappa shape index (κ1) is 12.2. The molecule has 0 bridgehead atoms. The van der Waals surface area contributed by atoms with Crippen molar-refractivity contribution in [3.63, 3.8) is 0 Å². The Morgan fingerprint density at radius 2 is 1.88 bits per heavy atom. The van der Waals surface area contributed by atoms with E-state index in [1.165, 1.54) is 37.8 Å². The highest BCUT2D eigenvalue weighted by atomic mass is 16.5. The number of hydrogen-bond donors (Lipinski definition) is 1. The molecule has 0 aliphatic carbocycles. The molecule has 1 aromatic carbocycles. The van der Waals surface area contributed by atoms with Gasteiger partial charge >= 0.3 is 0 Å². The number of nitrogens with two attached hydrogens (primary N) is 1. The van der Waals surface area contributed by atoms with Crippen LogP contribution in [0.5, 0.6) is 11.5 Å². The highest BCUT2D eigenvalue weighted by Gasteiger charge is 2.18. The number of ether oxygens (including phenoxy) is 2. The predicted molar refractivity (Wildman–Crippen MR) is 67.5 cm³/mol. The summed E-state index contributed by atoms with van der Waals surface area (Å²) in [4.78, 5) is 0. The first-order valence-electron chi connectivity index (χ1n) is 6.40.